The van der Waals surface area contributed by atoms with Crippen molar-refractivity contribution in [1.82, 2.24) is 4.90 Å². The third-order valence-corrected chi connectivity index (χ3v) is 5.89. The number of hydrogen-bond donors (Lipinski definition) is 2. The minimum absolute atomic E-state index is 0.212. The fourth-order valence-electron chi connectivity index (χ4n) is 4.66. The van der Waals surface area contributed by atoms with Crippen molar-refractivity contribution in [3.8, 4) is 5.75 Å². The maximum Gasteiger partial charge on any atom is 0.119 e. The van der Waals surface area contributed by atoms with Gasteiger partial charge in [0.15, 0.2) is 0 Å². The van der Waals surface area contributed by atoms with Gasteiger partial charge in [0.2, 0.25) is 0 Å². The van der Waals surface area contributed by atoms with E-state index in [1.165, 1.54) is 11.1 Å². The number of phenols is 1. The van der Waals surface area contributed by atoms with Gasteiger partial charge in [-0.25, -0.2) is 0 Å². The zero-order valence-electron chi connectivity index (χ0n) is 14.6. The zero-order chi connectivity index (χ0) is 17.2. The van der Waals surface area contributed by atoms with Crippen molar-refractivity contribution >= 4 is 0 Å². The second kappa shape index (κ2) is 7.19. The Kier molecular flexibility index (Phi) is 4.78. The number of benzene rings is 2. The molecular formula is C22H27NO2. The van der Waals surface area contributed by atoms with E-state index in [0.29, 0.717) is 17.6 Å². The quantitative estimate of drug-likeness (QED) is 0.886. The molecule has 2 unspecified atom stereocenters. The van der Waals surface area contributed by atoms with Gasteiger partial charge in [-0.1, -0.05) is 42.5 Å². The number of likely N-dealkylation sites (tertiary alicyclic amines) is 1. The van der Waals surface area contributed by atoms with Crippen LogP contribution in [0.3, 0.4) is 0 Å². The average molecular weight is 337 g/mol. The van der Waals surface area contributed by atoms with Gasteiger partial charge in [0, 0.05) is 18.7 Å². The van der Waals surface area contributed by atoms with E-state index in [0.717, 1.165) is 50.9 Å². The molecule has 3 atom stereocenters. The summed E-state index contributed by atoms with van der Waals surface area (Å²) >= 11 is 0. The van der Waals surface area contributed by atoms with E-state index in [4.69, 9.17) is 0 Å². The molecule has 3 nitrogen and oxygen atoms in total. The normalized spacial score (nSPS) is 27.0. The molecule has 3 heteroatoms. The van der Waals surface area contributed by atoms with Crippen molar-refractivity contribution in [2.24, 2.45) is 0 Å². The zero-order valence-corrected chi connectivity index (χ0v) is 14.6. The van der Waals surface area contributed by atoms with Crippen LogP contribution in [-0.2, 0) is 6.54 Å². The molecule has 0 amide bonds. The first kappa shape index (κ1) is 16.6. The van der Waals surface area contributed by atoms with Crippen LogP contribution in [0.15, 0.2) is 48.5 Å². The Morgan fingerprint density at radius 2 is 1.76 bits per heavy atom. The Balaban J connectivity index is 1.52. The van der Waals surface area contributed by atoms with Gasteiger partial charge in [-0.15, -0.1) is 0 Å². The third kappa shape index (κ3) is 3.58. The Hall–Kier alpha value is -1.84. The molecule has 4 rings (SSSR count). The lowest BCUT2D eigenvalue weighted by Gasteiger charge is -2.22. The van der Waals surface area contributed by atoms with Crippen LogP contribution < -0.4 is 0 Å². The van der Waals surface area contributed by atoms with Gasteiger partial charge in [0.05, 0.1) is 6.10 Å². The first-order chi connectivity index (χ1) is 12.2. The van der Waals surface area contributed by atoms with E-state index < -0.39 is 0 Å². The second-order valence-corrected chi connectivity index (χ2v) is 7.65. The van der Waals surface area contributed by atoms with E-state index in [9.17, 15) is 10.2 Å². The average Bonchev–Trinajstić information content (AvgIpc) is 3.25. The van der Waals surface area contributed by atoms with Gasteiger partial charge in [0.1, 0.15) is 5.75 Å². The van der Waals surface area contributed by atoms with Crippen LogP contribution in [-0.4, -0.2) is 34.3 Å². The summed E-state index contributed by atoms with van der Waals surface area (Å²) in [5.74, 6) is 1.19. The van der Waals surface area contributed by atoms with Crippen LogP contribution in [0.5, 0.6) is 5.75 Å². The van der Waals surface area contributed by atoms with E-state index in [1.807, 2.05) is 6.07 Å². The second-order valence-electron chi connectivity index (χ2n) is 7.65. The summed E-state index contributed by atoms with van der Waals surface area (Å²) < 4.78 is 0. The molecule has 2 aromatic carbocycles. The van der Waals surface area contributed by atoms with E-state index in [2.05, 4.69) is 41.3 Å². The van der Waals surface area contributed by atoms with Gasteiger partial charge in [-0.2, -0.15) is 0 Å². The Morgan fingerprint density at radius 3 is 2.52 bits per heavy atom. The Morgan fingerprint density at radius 1 is 0.920 bits per heavy atom. The van der Waals surface area contributed by atoms with Crippen LogP contribution in [0.4, 0.5) is 0 Å². The molecule has 2 fully saturated rings. The van der Waals surface area contributed by atoms with Crippen molar-refractivity contribution in [3.05, 3.63) is 65.2 Å². The number of aliphatic hydroxyl groups excluding tert-OH is 1. The Labute approximate surface area is 149 Å². The predicted molar refractivity (Wildman–Crippen MR) is 99.8 cm³/mol. The summed E-state index contributed by atoms with van der Waals surface area (Å²) in [6.07, 6.45) is 3.54. The fourth-order valence-corrected chi connectivity index (χ4v) is 4.66. The summed E-state index contributed by atoms with van der Waals surface area (Å²) in [4.78, 5) is 2.51. The highest BCUT2D eigenvalue weighted by Crippen LogP contribution is 2.44. The monoisotopic (exact) mass is 337 g/mol. The molecular weight excluding hydrogens is 310 g/mol. The maximum atomic E-state index is 10.5. The smallest absolute Gasteiger partial charge is 0.119 e. The molecule has 2 aromatic rings. The number of rotatable bonds is 4. The fraction of sp³-hybridized carbons (Fsp3) is 0.455. The predicted octanol–water partition coefficient (Wildman–Crippen LogP) is 4.01. The highest BCUT2D eigenvalue weighted by Gasteiger charge is 2.32. The minimum Gasteiger partial charge on any atom is -0.508 e. The minimum atomic E-state index is -0.212. The molecule has 132 valence electrons. The van der Waals surface area contributed by atoms with Crippen LogP contribution in [0, 0.1) is 0 Å². The van der Waals surface area contributed by atoms with Gasteiger partial charge in [-0.3, -0.25) is 4.90 Å². The first-order valence-electron chi connectivity index (χ1n) is 9.47. The van der Waals surface area contributed by atoms with Crippen molar-refractivity contribution in [2.75, 3.05) is 13.1 Å². The van der Waals surface area contributed by atoms with Gasteiger partial charge in [-0.05, 0) is 61.3 Å². The third-order valence-electron chi connectivity index (χ3n) is 5.89. The largest absolute Gasteiger partial charge is 0.508 e. The van der Waals surface area contributed by atoms with Crippen LogP contribution in [0.2, 0.25) is 0 Å². The molecule has 1 saturated carbocycles. The van der Waals surface area contributed by atoms with E-state index in [1.54, 1.807) is 6.07 Å². The summed E-state index contributed by atoms with van der Waals surface area (Å²) in [5, 5.41) is 20.4. The SMILES string of the molecule is Oc1cccc([C@@H]2CCN(Cc3ccccc3)C2)c1C1CCC(O)C1. The molecule has 1 aliphatic heterocycles. The molecule has 1 aliphatic carbocycles. The van der Waals surface area contributed by atoms with Crippen molar-refractivity contribution < 1.29 is 10.2 Å². The number of nitrogens with zero attached hydrogens (tertiary/aromatic N) is 1. The van der Waals surface area contributed by atoms with Crippen molar-refractivity contribution in [1.29, 1.82) is 0 Å². The van der Waals surface area contributed by atoms with Crippen molar-refractivity contribution in [3.63, 3.8) is 0 Å². The standard InChI is InChI=1S/C22H27NO2/c24-19-10-9-17(13-19)22-20(7-4-8-21(22)25)18-11-12-23(15-18)14-16-5-2-1-3-6-16/h1-8,17-19,24-25H,9-15H2/t17?,18-,19?/m1/s1. The molecule has 2 aliphatic rings. The lowest BCUT2D eigenvalue weighted by atomic mass is 9.85. The number of aromatic hydroxyl groups is 1. The molecule has 2 N–H and O–H groups in total. The summed E-state index contributed by atoms with van der Waals surface area (Å²) in [7, 11) is 0. The van der Waals surface area contributed by atoms with Crippen LogP contribution in [0.1, 0.15) is 54.2 Å². The first-order valence-corrected chi connectivity index (χ1v) is 9.47. The molecule has 0 spiro atoms. The molecule has 25 heavy (non-hydrogen) atoms. The highest BCUT2D eigenvalue weighted by atomic mass is 16.3. The topological polar surface area (TPSA) is 43.7 Å². The molecule has 1 saturated heterocycles. The molecule has 0 radical (unpaired) electrons. The lowest BCUT2D eigenvalue weighted by molar-refractivity contribution is 0.181. The summed E-state index contributed by atoms with van der Waals surface area (Å²) in [6, 6.07) is 16.6. The van der Waals surface area contributed by atoms with Gasteiger partial charge in [0.25, 0.3) is 0 Å². The van der Waals surface area contributed by atoms with E-state index >= 15 is 0 Å². The summed E-state index contributed by atoms with van der Waals surface area (Å²) in [6.45, 7) is 3.14. The molecule has 1 heterocycles. The number of aliphatic hydroxyl groups is 1. The molecule has 0 bridgehead atoms. The Bertz CT molecular complexity index is 715. The van der Waals surface area contributed by atoms with Crippen LogP contribution in [0.25, 0.3) is 0 Å². The highest BCUT2D eigenvalue weighted by molar-refractivity contribution is 5.45. The van der Waals surface area contributed by atoms with Crippen LogP contribution >= 0.6 is 0 Å². The van der Waals surface area contributed by atoms with Gasteiger partial charge >= 0.3 is 0 Å². The molecule has 0 aromatic heterocycles. The van der Waals surface area contributed by atoms with Crippen molar-refractivity contribution in [2.45, 2.75) is 50.2 Å². The summed E-state index contributed by atoms with van der Waals surface area (Å²) in [5.41, 5.74) is 3.76. The van der Waals surface area contributed by atoms with Gasteiger partial charge < -0.3 is 10.2 Å². The van der Waals surface area contributed by atoms with E-state index in [-0.39, 0.29) is 6.10 Å². The number of hydrogen-bond acceptors (Lipinski definition) is 3. The maximum absolute atomic E-state index is 10.5. The lowest BCUT2D eigenvalue weighted by Crippen LogP contribution is -2.20. The number of phenolic OH excluding ortho intramolecular Hbond substituents is 1.